The average Bonchev–Trinajstić information content (AvgIpc) is 2.42. The highest BCUT2D eigenvalue weighted by molar-refractivity contribution is 5.90. The Labute approximate surface area is 133 Å². The number of rotatable bonds is 8. The van der Waals surface area contributed by atoms with E-state index >= 15 is 0 Å². The molecule has 0 saturated heterocycles. The fourth-order valence-corrected chi connectivity index (χ4v) is 1.74. The summed E-state index contributed by atoms with van der Waals surface area (Å²) in [5.41, 5.74) is 1.21. The molecule has 0 heterocycles. The minimum Gasteiger partial charge on any atom is -0.463 e. The van der Waals surface area contributed by atoms with Crippen molar-refractivity contribution < 1.29 is 19.1 Å². The van der Waals surface area contributed by atoms with Gasteiger partial charge in [-0.3, -0.25) is 0 Å². The molecule has 0 spiro atoms. The zero-order valence-electron chi connectivity index (χ0n) is 14.5. The summed E-state index contributed by atoms with van der Waals surface area (Å²) in [5, 5.41) is 0. The maximum atomic E-state index is 11.8. The van der Waals surface area contributed by atoms with Gasteiger partial charge in [-0.15, -0.1) is 0 Å². The number of carbonyl (C=O) groups excluding carboxylic acids is 2. The molecule has 4 nitrogen and oxygen atoms in total. The molecule has 4 heteroatoms. The van der Waals surface area contributed by atoms with Crippen LogP contribution in [-0.2, 0) is 19.1 Å². The van der Waals surface area contributed by atoms with Gasteiger partial charge in [-0.25, -0.2) is 9.59 Å². The molecular formula is C18H28O4. The second-order valence-corrected chi connectivity index (χ2v) is 5.38. The molecule has 0 radical (unpaired) electrons. The van der Waals surface area contributed by atoms with E-state index in [2.05, 4.69) is 0 Å². The third-order valence-electron chi connectivity index (χ3n) is 2.93. The van der Waals surface area contributed by atoms with Crippen LogP contribution in [0.5, 0.6) is 0 Å². The van der Waals surface area contributed by atoms with Gasteiger partial charge in [-0.05, 0) is 25.7 Å². The van der Waals surface area contributed by atoms with Gasteiger partial charge in [0.05, 0.1) is 13.2 Å². The van der Waals surface area contributed by atoms with Gasteiger partial charge in [0.15, 0.2) is 0 Å². The molecule has 0 amide bonds. The van der Waals surface area contributed by atoms with Crippen molar-refractivity contribution in [1.82, 2.24) is 0 Å². The highest BCUT2D eigenvalue weighted by Gasteiger charge is 2.14. The Hall–Kier alpha value is -1.84. The number of ether oxygens (including phenoxy) is 2. The van der Waals surface area contributed by atoms with Crippen molar-refractivity contribution in [3.63, 3.8) is 0 Å². The highest BCUT2D eigenvalue weighted by Crippen LogP contribution is 2.13. The smallest absolute Gasteiger partial charge is 0.334 e. The first-order chi connectivity index (χ1) is 10.3. The predicted octanol–water partition coefficient (Wildman–Crippen LogP) is 3.83. The summed E-state index contributed by atoms with van der Waals surface area (Å²) in [4.78, 5) is 23.6. The van der Waals surface area contributed by atoms with Crippen LogP contribution in [0.3, 0.4) is 0 Å². The number of esters is 2. The van der Waals surface area contributed by atoms with Crippen LogP contribution in [0.15, 0.2) is 35.5 Å². The van der Waals surface area contributed by atoms with E-state index in [0.717, 1.165) is 0 Å². The van der Waals surface area contributed by atoms with E-state index in [1.165, 1.54) is 0 Å². The molecule has 0 aliphatic carbocycles. The Balaban J connectivity index is 5.12. The van der Waals surface area contributed by atoms with E-state index < -0.39 is 0 Å². The predicted molar refractivity (Wildman–Crippen MR) is 88.2 cm³/mol. The Morgan fingerprint density at radius 1 is 0.773 bits per heavy atom. The van der Waals surface area contributed by atoms with Crippen molar-refractivity contribution >= 4 is 11.9 Å². The summed E-state index contributed by atoms with van der Waals surface area (Å²) in [7, 11) is 0. The van der Waals surface area contributed by atoms with Crippen molar-refractivity contribution in [2.75, 3.05) is 13.2 Å². The van der Waals surface area contributed by atoms with E-state index in [9.17, 15) is 9.59 Å². The fraction of sp³-hybridized carbons (Fsp3) is 0.556. The molecule has 0 rings (SSSR count). The van der Waals surface area contributed by atoms with Crippen LogP contribution < -0.4 is 0 Å². The van der Waals surface area contributed by atoms with Gasteiger partial charge in [0.2, 0.25) is 0 Å². The lowest BCUT2D eigenvalue weighted by molar-refractivity contribution is -0.140. The maximum absolute atomic E-state index is 11.8. The number of carbonyl (C=O) groups is 2. The first-order valence-corrected chi connectivity index (χ1v) is 7.77. The quantitative estimate of drug-likeness (QED) is 0.388. The topological polar surface area (TPSA) is 52.6 Å². The van der Waals surface area contributed by atoms with E-state index in [1.54, 1.807) is 38.2 Å². The van der Waals surface area contributed by atoms with Crippen molar-refractivity contribution in [2.24, 2.45) is 11.8 Å². The molecule has 0 fully saturated rings. The second kappa shape index (κ2) is 10.8. The van der Waals surface area contributed by atoms with Gasteiger partial charge in [-0.1, -0.05) is 52.0 Å². The zero-order valence-corrected chi connectivity index (χ0v) is 14.5. The summed E-state index contributed by atoms with van der Waals surface area (Å²) in [6, 6.07) is 0. The summed E-state index contributed by atoms with van der Waals surface area (Å²) < 4.78 is 10.0. The molecule has 0 aromatic carbocycles. The molecule has 0 saturated carbocycles. The molecular weight excluding hydrogens is 280 g/mol. The van der Waals surface area contributed by atoms with Crippen LogP contribution in [0.1, 0.15) is 41.5 Å². The summed E-state index contributed by atoms with van der Waals surface area (Å²) >= 11 is 0. The fourth-order valence-electron chi connectivity index (χ4n) is 1.74. The largest absolute Gasteiger partial charge is 0.463 e. The standard InChI is InChI=1S/C18H28O4/c1-7-21-17(19)15(13(3)4)11-9-10-12-16(14(5)6)18(20)22-8-2/h9-14H,7-8H2,1-6H3/b10-9+,15-11+,16-12+. The van der Waals surface area contributed by atoms with Crippen molar-refractivity contribution in [3.05, 3.63) is 35.5 Å². The van der Waals surface area contributed by atoms with E-state index in [0.29, 0.717) is 24.4 Å². The third-order valence-corrected chi connectivity index (χ3v) is 2.93. The van der Waals surface area contributed by atoms with Crippen LogP contribution >= 0.6 is 0 Å². The Morgan fingerprint density at radius 3 is 1.32 bits per heavy atom. The maximum Gasteiger partial charge on any atom is 0.334 e. The Kier molecular flexibility index (Phi) is 9.92. The molecule has 0 aliphatic rings. The zero-order chi connectivity index (χ0) is 17.1. The molecule has 0 aromatic heterocycles. The van der Waals surface area contributed by atoms with E-state index in [4.69, 9.17) is 9.47 Å². The lowest BCUT2D eigenvalue weighted by Crippen LogP contribution is -2.12. The summed E-state index contributed by atoms with van der Waals surface area (Å²) in [6.45, 7) is 12.0. The van der Waals surface area contributed by atoms with Gasteiger partial charge in [0, 0.05) is 11.1 Å². The van der Waals surface area contributed by atoms with Crippen molar-refractivity contribution in [3.8, 4) is 0 Å². The van der Waals surface area contributed by atoms with Crippen LogP contribution in [0.2, 0.25) is 0 Å². The molecule has 0 aromatic rings. The molecule has 0 aliphatic heterocycles. The number of hydrogen-bond donors (Lipinski definition) is 0. The van der Waals surface area contributed by atoms with Crippen molar-refractivity contribution in [2.45, 2.75) is 41.5 Å². The van der Waals surface area contributed by atoms with Gasteiger partial charge < -0.3 is 9.47 Å². The Morgan fingerprint density at radius 2 is 1.09 bits per heavy atom. The summed E-state index contributed by atoms with van der Waals surface area (Å²) in [5.74, 6) is -0.467. The molecule has 0 bridgehead atoms. The van der Waals surface area contributed by atoms with Crippen molar-refractivity contribution in [1.29, 1.82) is 0 Å². The van der Waals surface area contributed by atoms with E-state index in [-0.39, 0.29) is 23.8 Å². The molecule has 0 unspecified atom stereocenters. The first kappa shape index (κ1) is 20.2. The van der Waals surface area contributed by atoms with Gasteiger partial charge in [0.25, 0.3) is 0 Å². The Bertz CT molecular complexity index is 412. The number of hydrogen-bond acceptors (Lipinski definition) is 4. The molecule has 22 heavy (non-hydrogen) atoms. The lowest BCUT2D eigenvalue weighted by atomic mass is 10.0. The monoisotopic (exact) mass is 308 g/mol. The minimum absolute atomic E-state index is 0.0716. The third kappa shape index (κ3) is 7.25. The number of allylic oxidation sites excluding steroid dienone is 4. The lowest BCUT2D eigenvalue weighted by Gasteiger charge is -2.09. The molecule has 0 atom stereocenters. The van der Waals surface area contributed by atoms with E-state index in [1.807, 2.05) is 27.7 Å². The van der Waals surface area contributed by atoms with Gasteiger partial charge >= 0.3 is 11.9 Å². The normalized spacial score (nSPS) is 13.1. The highest BCUT2D eigenvalue weighted by atomic mass is 16.5. The molecule has 124 valence electrons. The van der Waals surface area contributed by atoms with Gasteiger partial charge in [0.1, 0.15) is 0 Å². The first-order valence-electron chi connectivity index (χ1n) is 7.77. The van der Waals surface area contributed by atoms with Crippen LogP contribution in [0, 0.1) is 11.8 Å². The minimum atomic E-state index is -0.305. The average molecular weight is 308 g/mol. The van der Waals surface area contributed by atoms with Crippen LogP contribution in [-0.4, -0.2) is 25.2 Å². The van der Waals surface area contributed by atoms with Crippen LogP contribution in [0.4, 0.5) is 0 Å². The molecule has 0 N–H and O–H groups in total. The van der Waals surface area contributed by atoms with Crippen LogP contribution in [0.25, 0.3) is 0 Å². The van der Waals surface area contributed by atoms with Gasteiger partial charge in [-0.2, -0.15) is 0 Å². The summed E-state index contributed by atoms with van der Waals surface area (Å²) in [6.07, 6.45) is 6.94. The SMILES string of the molecule is CCOC(=O)/C(=C/C=C/C=C(/C(=O)OCC)C(C)C)C(C)C. The second-order valence-electron chi connectivity index (χ2n) is 5.38.